The molecule has 0 spiro atoms. The van der Waals surface area contributed by atoms with Gasteiger partial charge in [-0.05, 0) is 72.5 Å². The molecule has 0 amide bonds. The molecule has 4 nitrogen and oxygen atoms in total. The molecule has 10 rings (SSSR count). The minimum atomic E-state index is 0.933. The molecular formula is C40H26N4S. The van der Waals surface area contributed by atoms with Gasteiger partial charge in [0, 0.05) is 43.2 Å². The molecule has 0 bridgehead atoms. The molecule has 45 heavy (non-hydrogen) atoms. The second-order valence-electron chi connectivity index (χ2n) is 11.8. The van der Waals surface area contributed by atoms with Gasteiger partial charge >= 0.3 is 0 Å². The molecule has 1 aliphatic carbocycles. The lowest BCUT2D eigenvalue weighted by molar-refractivity contribution is 0.888. The fourth-order valence-electron chi connectivity index (χ4n) is 7.32. The number of aromatic nitrogens is 4. The highest BCUT2D eigenvalue weighted by atomic mass is 32.1. The molecule has 212 valence electrons. The van der Waals surface area contributed by atoms with Crippen molar-refractivity contribution in [1.29, 1.82) is 0 Å². The predicted octanol–water partition coefficient (Wildman–Crippen LogP) is 10.5. The lowest BCUT2D eigenvalue weighted by atomic mass is 9.98. The van der Waals surface area contributed by atoms with Gasteiger partial charge in [-0.15, -0.1) is 11.3 Å². The molecule has 0 unspecified atom stereocenters. The largest absolute Gasteiger partial charge is 0.313 e. The standard InChI is InChI=1S/C40H26N4S/c1-2-10-27(11-3-1)43-33-15-7-4-12-28(33)31-22-25(18-20-35(31)43)26-19-21-36-32(23-26)29-13-5-8-16-34(29)44(36)40-39-38(41-24-42-40)30-14-6-9-17-37(30)45-39/h1-6,8-14,16-24H,7,15H2. The van der Waals surface area contributed by atoms with E-state index in [0.717, 1.165) is 39.9 Å². The summed E-state index contributed by atoms with van der Waals surface area (Å²) in [5, 5.41) is 4.93. The molecule has 1 aliphatic rings. The summed E-state index contributed by atoms with van der Waals surface area (Å²) in [6.07, 6.45) is 8.46. The van der Waals surface area contributed by atoms with E-state index >= 15 is 0 Å². The maximum Gasteiger partial charge on any atom is 0.159 e. The first kappa shape index (κ1) is 24.9. The van der Waals surface area contributed by atoms with Crippen LogP contribution in [0.25, 0.3) is 81.7 Å². The molecule has 0 saturated heterocycles. The van der Waals surface area contributed by atoms with Gasteiger partial charge in [0.05, 0.1) is 26.8 Å². The summed E-state index contributed by atoms with van der Waals surface area (Å²) in [7, 11) is 0. The molecule has 0 atom stereocenters. The highest BCUT2D eigenvalue weighted by molar-refractivity contribution is 7.26. The number of hydrogen-bond acceptors (Lipinski definition) is 3. The van der Waals surface area contributed by atoms with Gasteiger partial charge in [-0.2, -0.15) is 0 Å². The molecule has 0 N–H and O–H groups in total. The summed E-state index contributed by atoms with van der Waals surface area (Å²) < 4.78 is 7.10. The molecular weight excluding hydrogens is 569 g/mol. The van der Waals surface area contributed by atoms with E-state index < -0.39 is 0 Å². The zero-order chi connectivity index (χ0) is 29.5. The second-order valence-corrected chi connectivity index (χ2v) is 12.8. The van der Waals surface area contributed by atoms with Crippen molar-refractivity contribution in [2.45, 2.75) is 12.8 Å². The van der Waals surface area contributed by atoms with Crippen LogP contribution in [-0.4, -0.2) is 19.1 Å². The Morgan fingerprint density at radius 3 is 2.18 bits per heavy atom. The van der Waals surface area contributed by atoms with E-state index in [1.54, 1.807) is 17.7 Å². The Morgan fingerprint density at radius 2 is 1.31 bits per heavy atom. The van der Waals surface area contributed by atoms with Gasteiger partial charge in [0.1, 0.15) is 6.33 Å². The second kappa shape index (κ2) is 9.49. The van der Waals surface area contributed by atoms with E-state index in [9.17, 15) is 0 Å². The molecule has 5 heteroatoms. The lowest BCUT2D eigenvalue weighted by Gasteiger charge is -2.13. The fourth-order valence-corrected chi connectivity index (χ4v) is 8.46. The fraction of sp³-hybridized carbons (Fsp3) is 0.0500. The van der Waals surface area contributed by atoms with E-state index in [-0.39, 0.29) is 0 Å². The molecule has 0 aliphatic heterocycles. The third kappa shape index (κ3) is 3.59. The summed E-state index contributed by atoms with van der Waals surface area (Å²) in [6, 6.07) is 41.8. The predicted molar refractivity (Wildman–Crippen MR) is 189 cm³/mol. The van der Waals surface area contributed by atoms with Crippen LogP contribution in [0, 0.1) is 0 Å². The van der Waals surface area contributed by atoms with Gasteiger partial charge in [-0.3, -0.25) is 4.57 Å². The minimum Gasteiger partial charge on any atom is -0.313 e. The molecule has 0 radical (unpaired) electrons. The van der Waals surface area contributed by atoms with Crippen LogP contribution < -0.4 is 0 Å². The third-order valence-electron chi connectivity index (χ3n) is 9.31. The van der Waals surface area contributed by atoms with Crippen molar-refractivity contribution in [3.05, 3.63) is 139 Å². The van der Waals surface area contributed by atoms with E-state index in [1.807, 2.05) is 0 Å². The maximum atomic E-state index is 4.88. The van der Waals surface area contributed by atoms with Crippen LogP contribution in [-0.2, 0) is 6.42 Å². The Bertz CT molecular complexity index is 2650. The van der Waals surface area contributed by atoms with Crippen molar-refractivity contribution in [3.63, 3.8) is 0 Å². The number of hydrogen-bond donors (Lipinski definition) is 0. The average Bonchev–Trinajstić information content (AvgIpc) is 3.76. The van der Waals surface area contributed by atoms with Crippen molar-refractivity contribution in [2.24, 2.45) is 0 Å². The molecule has 0 fully saturated rings. The zero-order valence-electron chi connectivity index (χ0n) is 24.3. The highest BCUT2D eigenvalue weighted by Crippen LogP contribution is 2.41. The zero-order valence-corrected chi connectivity index (χ0v) is 25.1. The number of rotatable bonds is 3. The summed E-state index contributed by atoms with van der Waals surface area (Å²) in [4.78, 5) is 9.59. The number of thiophene rings is 1. The van der Waals surface area contributed by atoms with Gasteiger partial charge in [-0.1, -0.05) is 78.9 Å². The highest BCUT2D eigenvalue weighted by Gasteiger charge is 2.21. The minimum absolute atomic E-state index is 0.933. The Kier molecular flexibility index (Phi) is 5.24. The van der Waals surface area contributed by atoms with Crippen molar-refractivity contribution in [2.75, 3.05) is 0 Å². The summed E-state index contributed by atoms with van der Waals surface area (Å²) >= 11 is 1.76. The van der Waals surface area contributed by atoms with Gasteiger partial charge < -0.3 is 4.57 Å². The SMILES string of the molecule is C1=Cc2c(n(-c3ccccc3)c3ccc(-c4ccc5c(c4)c4ccccc4n5-c4ncnc5c4sc4ccccc45)cc23)CC1. The van der Waals surface area contributed by atoms with Crippen LogP contribution in [0.3, 0.4) is 0 Å². The van der Waals surface area contributed by atoms with E-state index in [1.165, 1.54) is 59.8 Å². The first-order valence-corrected chi connectivity index (χ1v) is 16.2. The number of benzene rings is 5. The normalized spacial score (nSPS) is 13.1. The summed E-state index contributed by atoms with van der Waals surface area (Å²) in [5.74, 6) is 0.933. The Balaban J connectivity index is 1.19. The van der Waals surface area contributed by atoms with Gasteiger partial charge in [0.25, 0.3) is 0 Å². The summed E-state index contributed by atoms with van der Waals surface area (Å²) in [5.41, 5.74) is 11.0. The van der Waals surface area contributed by atoms with Crippen molar-refractivity contribution >= 4 is 70.4 Å². The van der Waals surface area contributed by atoms with Crippen molar-refractivity contribution in [1.82, 2.24) is 19.1 Å². The smallest absolute Gasteiger partial charge is 0.159 e. The molecule has 9 aromatic rings. The van der Waals surface area contributed by atoms with Crippen molar-refractivity contribution in [3.8, 4) is 22.6 Å². The van der Waals surface area contributed by atoms with Crippen LogP contribution in [0.5, 0.6) is 0 Å². The van der Waals surface area contributed by atoms with Crippen molar-refractivity contribution < 1.29 is 0 Å². The monoisotopic (exact) mass is 594 g/mol. The van der Waals surface area contributed by atoms with E-state index in [2.05, 4.69) is 137 Å². The maximum absolute atomic E-state index is 4.88. The first-order chi connectivity index (χ1) is 22.3. The van der Waals surface area contributed by atoms with E-state index in [4.69, 9.17) is 9.97 Å². The Labute approximate surface area is 263 Å². The quantitative estimate of drug-likeness (QED) is 0.204. The molecule has 5 aromatic carbocycles. The number of nitrogens with zero attached hydrogens (tertiary/aromatic N) is 4. The number of allylic oxidation sites excluding steroid dienone is 1. The Hall–Kier alpha value is -5.52. The third-order valence-corrected chi connectivity index (χ3v) is 10.5. The first-order valence-electron chi connectivity index (χ1n) is 15.4. The molecule has 4 aromatic heterocycles. The average molecular weight is 595 g/mol. The van der Waals surface area contributed by atoms with Crippen LogP contribution in [0.4, 0.5) is 0 Å². The summed E-state index contributed by atoms with van der Waals surface area (Å²) in [6.45, 7) is 0. The van der Waals surface area contributed by atoms with Crippen LogP contribution >= 0.6 is 11.3 Å². The van der Waals surface area contributed by atoms with E-state index in [0.29, 0.717) is 0 Å². The molecule has 4 heterocycles. The van der Waals surface area contributed by atoms with Gasteiger partial charge in [0.2, 0.25) is 0 Å². The molecule has 0 saturated carbocycles. The number of fused-ring (bicyclic) bond motifs is 9. The Morgan fingerprint density at radius 1 is 0.600 bits per heavy atom. The number of para-hydroxylation sites is 2. The van der Waals surface area contributed by atoms with Gasteiger partial charge in [-0.25, -0.2) is 9.97 Å². The topological polar surface area (TPSA) is 35.6 Å². The van der Waals surface area contributed by atoms with Crippen LogP contribution in [0.1, 0.15) is 17.7 Å². The van der Waals surface area contributed by atoms with Crippen LogP contribution in [0.2, 0.25) is 0 Å². The van der Waals surface area contributed by atoms with Crippen LogP contribution in [0.15, 0.2) is 128 Å². The lowest BCUT2D eigenvalue weighted by Crippen LogP contribution is -2.02. The van der Waals surface area contributed by atoms with Gasteiger partial charge in [0.15, 0.2) is 5.82 Å².